The van der Waals surface area contributed by atoms with Crippen molar-refractivity contribution >= 4 is 50.3 Å². The summed E-state index contributed by atoms with van der Waals surface area (Å²) < 4.78 is 3.13. The van der Waals surface area contributed by atoms with Gasteiger partial charge in [-0.3, -0.25) is 4.79 Å². The van der Waals surface area contributed by atoms with Crippen molar-refractivity contribution in [3.05, 3.63) is 94.0 Å². The van der Waals surface area contributed by atoms with E-state index in [4.69, 9.17) is 4.98 Å². The maximum absolute atomic E-state index is 12.5. The second kappa shape index (κ2) is 10.1. The van der Waals surface area contributed by atoms with Gasteiger partial charge in [-0.1, -0.05) is 81.8 Å². The highest BCUT2D eigenvalue weighted by atomic mass is 79.9. The van der Waals surface area contributed by atoms with Crippen LogP contribution >= 0.6 is 27.7 Å². The molecule has 0 aliphatic heterocycles. The van der Waals surface area contributed by atoms with E-state index < -0.39 is 0 Å². The predicted octanol–water partition coefficient (Wildman–Crippen LogP) is 5.79. The molecule has 1 heterocycles. The summed E-state index contributed by atoms with van der Waals surface area (Å²) in [6.07, 6.45) is 0. The van der Waals surface area contributed by atoms with Crippen LogP contribution in [0.4, 0.5) is 0 Å². The highest BCUT2D eigenvalue weighted by molar-refractivity contribution is 9.10. The van der Waals surface area contributed by atoms with Crippen molar-refractivity contribution < 1.29 is 4.79 Å². The summed E-state index contributed by atoms with van der Waals surface area (Å²) in [6, 6.07) is 24.3. The Kier molecular flexibility index (Phi) is 7.07. The number of fused-ring (bicyclic) bond motifs is 1. The maximum atomic E-state index is 12.5. The fourth-order valence-electron chi connectivity index (χ4n) is 3.28. The summed E-state index contributed by atoms with van der Waals surface area (Å²) in [5, 5.41) is 5.06. The largest absolute Gasteiger partial charge is 0.314 e. The summed E-state index contributed by atoms with van der Waals surface area (Å²) in [5.41, 5.74) is 8.76. The van der Waals surface area contributed by atoms with Crippen molar-refractivity contribution in [1.82, 2.24) is 15.0 Å². The Labute approximate surface area is 200 Å². The minimum Gasteiger partial charge on any atom is -0.314 e. The second-order valence-electron chi connectivity index (χ2n) is 7.49. The molecule has 0 aliphatic rings. The van der Waals surface area contributed by atoms with Gasteiger partial charge in [-0.25, -0.2) is 10.4 Å². The molecule has 1 aromatic heterocycles. The van der Waals surface area contributed by atoms with Gasteiger partial charge in [-0.15, -0.1) is 0 Å². The number of benzene rings is 3. The maximum Gasteiger partial charge on any atom is 0.250 e. The molecule has 0 unspecified atom stereocenters. The Balaban J connectivity index is 1.47. The fourth-order valence-corrected chi connectivity index (χ4v) is 4.48. The molecule has 0 saturated heterocycles. The highest BCUT2D eigenvalue weighted by Gasteiger charge is 2.13. The smallest absolute Gasteiger partial charge is 0.250 e. The van der Waals surface area contributed by atoms with Crippen LogP contribution in [0.2, 0.25) is 0 Å². The van der Waals surface area contributed by atoms with Gasteiger partial charge in [0, 0.05) is 4.47 Å². The average Bonchev–Trinajstić information content (AvgIpc) is 3.15. The van der Waals surface area contributed by atoms with Gasteiger partial charge in [0.25, 0.3) is 5.91 Å². The fraction of sp³-hybridized carbons (Fsp3) is 0.160. The topological polar surface area (TPSA) is 59.3 Å². The second-order valence-corrected chi connectivity index (χ2v) is 9.34. The van der Waals surface area contributed by atoms with Gasteiger partial charge in [-0.05, 0) is 49.2 Å². The zero-order valence-corrected chi connectivity index (χ0v) is 20.3. The minimum absolute atomic E-state index is 0.168. The lowest BCUT2D eigenvalue weighted by Crippen LogP contribution is -2.21. The van der Waals surface area contributed by atoms with Crippen LogP contribution in [0, 0.1) is 6.92 Å². The third-order valence-corrected chi connectivity index (χ3v) is 6.47. The molecule has 1 N–H and O–H groups in total. The SMILES string of the molecule is CC(=NNC(=O)CSc1nc2ccccc2n1Cc1ccc(C)cc1)c1cccc(Br)c1. The number of thioether (sulfide) groups is 1. The number of hydrazone groups is 1. The Morgan fingerprint density at radius 2 is 1.88 bits per heavy atom. The van der Waals surface area contributed by atoms with Gasteiger partial charge >= 0.3 is 0 Å². The van der Waals surface area contributed by atoms with Crippen LogP contribution in [0.1, 0.15) is 23.6 Å². The number of hydrogen-bond donors (Lipinski definition) is 1. The summed E-state index contributed by atoms with van der Waals surface area (Å²) >= 11 is 4.87. The third kappa shape index (κ3) is 5.47. The molecule has 4 aromatic rings. The Morgan fingerprint density at radius 1 is 1.09 bits per heavy atom. The summed E-state index contributed by atoms with van der Waals surface area (Å²) in [4.78, 5) is 17.2. The molecule has 0 bridgehead atoms. The molecule has 0 spiro atoms. The van der Waals surface area contributed by atoms with E-state index in [1.165, 1.54) is 22.9 Å². The summed E-state index contributed by atoms with van der Waals surface area (Å²) in [5.74, 6) is 0.0604. The summed E-state index contributed by atoms with van der Waals surface area (Å²) in [6.45, 7) is 4.65. The van der Waals surface area contributed by atoms with E-state index in [1.54, 1.807) is 0 Å². The standard InChI is InChI=1S/C25H23BrN4OS/c1-17-10-12-19(13-11-17)15-30-23-9-4-3-8-22(23)27-25(30)32-16-24(31)29-28-18(2)20-6-5-7-21(26)14-20/h3-14H,15-16H2,1-2H3,(H,29,31). The average molecular weight is 507 g/mol. The molecule has 0 atom stereocenters. The van der Waals surface area contributed by atoms with Crippen molar-refractivity contribution in [2.24, 2.45) is 5.10 Å². The van der Waals surface area contributed by atoms with Gasteiger partial charge in [0.1, 0.15) is 0 Å². The van der Waals surface area contributed by atoms with Gasteiger partial charge < -0.3 is 4.57 Å². The number of carbonyl (C=O) groups excluding carboxylic acids is 1. The first-order chi connectivity index (χ1) is 15.5. The predicted molar refractivity (Wildman–Crippen MR) is 135 cm³/mol. The number of rotatable bonds is 7. The zero-order valence-electron chi connectivity index (χ0n) is 17.9. The minimum atomic E-state index is -0.168. The number of amides is 1. The van der Waals surface area contributed by atoms with Crippen LogP contribution in [0.15, 0.2) is 87.5 Å². The number of nitrogens with zero attached hydrogens (tertiary/aromatic N) is 3. The normalized spacial score (nSPS) is 11.7. The van der Waals surface area contributed by atoms with E-state index in [0.29, 0.717) is 6.54 Å². The quantitative estimate of drug-likeness (QED) is 0.196. The van der Waals surface area contributed by atoms with E-state index in [2.05, 4.69) is 68.3 Å². The molecule has 4 rings (SSSR count). The van der Waals surface area contributed by atoms with Crippen LogP contribution < -0.4 is 5.43 Å². The lowest BCUT2D eigenvalue weighted by Gasteiger charge is -2.09. The summed E-state index contributed by atoms with van der Waals surface area (Å²) in [7, 11) is 0. The molecule has 0 saturated carbocycles. The molecular formula is C25H23BrN4OS. The van der Waals surface area contributed by atoms with Gasteiger partial charge in [0.2, 0.25) is 0 Å². The highest BCUT2D eigenvalue weighted by Crippen LogP contribution is 2.25. The number of aryl methyl sites for hydroxylation is 1. The van der Waals surface area contributed by atoms with Gasteiger partial charge in [0.15, 0.2) is 5.16 Å². The van der Waals surface area contributed by atoms with Crippen LogP contribution in [0.5, 0.6) is 0 Å². The zero-order chi connectivity index (χ0) is 22.5. The van der Waals surface area contributed by atoms with Gasteiger partial charge in [-0.2, -0.15) is 5.10 Å². The molecule has 7 heteroatoms. The molecule has 3 aromatic carbocycles. The van der Waals surface area contributed by atoms with E-state index in [0.717, 1.165) is 31.9 Å². The molecule has 162 valence electrons. The monoisotopic (exact) mass is 506 g/mol. The molecule has 0 aliphatic carbocycles. The molecular weight excluding hydrogens is 484 g/mol. The van der Waals surface area contributed by atoms with Crippen LogP contribution in [0.25, 0.3) is 11.0 Å². The first kappa shape index (κ1) is 22.3. The van der Waals surface area contributed by atoms with E-state index in [1.807, 2.05) is 49.4 Å². The van der Waals surface area contributed by atoms with E-state index in [-0.39, 0.29) is 11.7 Å². The molecule has 32 heavy (non-hydrogen) atoms. The molecule has 5 nitrogen and oxygen atoms in total. The van der Waals surface area contributed by atoms with Crippen LogP contribution in [-0.2, 0) is 11.3 Å². The van der Waals surface area contributed by atoms with Crippen LogP contribution in [0.3, 0.4) is 0 Å². The van der Waals surface area contributed by atoms with Crippen molar-refractivity contribution in [3.8, 4) is 0 Å². The van der Waals surface area contributed by atoms with Gasteiger partial charge in [0.05, 0.1) is 29.0 Å². The number of aromatic nitrogens is 2. The van der Waals surface area contributed by atoms with Crippen LogP contribution in [-0.4, -0.2) is 26.9 Å². The third-order valence-electron chi connectivity index (χ3n) is 5.00. The first-order valence-electron chi connectivity index (χ1n) is 10.2. The number of hydrogen-bond acceptors (Lipinski definition) is 4. The number of carbonyl (C=O) groups is 1. The van der Waals surface area contributed by atoms with E-state index in [9.17, 15) is 4.79 Å². The van der Waals surface area contributed by atoms with Crippen molar-refractivity contribution in [2.75, 3.05) is 5.75 Å². The first-order valence-corrected chi connectivity index (χ1v) is 12.0. The van der Waals surface area contributed by atoms with Crippen molar-refractivity contribution in [1.29, 1.82) is 0 Å². The molecule has 0 radical (unpaired) electrons. The van der Waals surface area contributed by atoms with Crippen molar-refractivity contribution in [2.45, 2.75) is 25.5 Å². The Bertz CT molecular complexity index is 1280. The van der Waals surface area contributed by atoms with E-state index >= 15 is 0 Å². The molecule has 0 fully saturated rings. The number of halogens is 1. The lowest BCUT2D eigenvalue weighted by atomic mass is 10.1. The van der Waals surface area contributed by atoms with Crippen molar-refractivity contribution in [3.63, 3.8) is 0 Å². The Morgan fingerprint density at radius 3 is 2.66 bits per heavy atom. The Hall–Kier alpha value is -2.90. The molecule has 1 amide bonds. The number of nitrogens with one attached hydrogen (secondary N) is 1. The number of imidazole rings is 1. The number of para-hydroxylation sites is 2. The lowest BCUT2D eigenvalue weighted by molar-refractivity contribution is -0.118.